The van der Waals surface area contributed by atoms with Crippen molar-refractivity contribution in [2.75, 3.05) is 30.8 Å². The molecule has 1 aliphatic heterocycles. The van der Waals surface area contributed by atoms with Gasteiger partial charge in [0, 0.05) is 33.2 Å². The molecule has 3 aromatic rings. The number of anilines is 3. The van der Waals surface area contributed by atoms with Crippen molar-refractivity contribution >= 4 is 29.2 Å². The number of amides is 2. The van der Waals surface area contributed by atoms with Gasteiger partial charge in [-0.05, 0) is 25.7 Å². The zero-order chi connectivity index (χ0) is 25.1. The Bertz CT molecular complexity index is 1240. The Balaban J connectivity index is 1.31. The molecule has 1 saturated heterocycles. The smallest absolute Gasteiger partial charge is 0.387 e. The molecular weight excluding hydrogens is 466 g/mol. The Morgan fingerprint density at radius 3 is 2.72 bits per heavy atom. The summed E-state index contributed by atoms with van der Waals surface area (Å²) in [6, 6.07) is 0. The Hall–Kier alpha value is -4.13. The molecule has 3 aromatic heterocycles. The topological polar surface area (TPSA) is 149 Å². The molecule has 5 rings (SSSR count). The number of carbonyl (C=O) groups excluding carboxylic acids is 2. The van der Waals surface area contributed by atoms with Gasteiger partial charge in [0.15, 0.2) is 5.82 Å². The zero-order valence-corrected chi connectivity index (χ0v) is 20.0. The molecular formula is C23H27N9O4. The largest absolute Gasteiger partial charge is 0.418 e. The van der Waals surface area contributed by atoms with E-state index in [2.05, 4.69) is 35.7 Å². The summed E-state index contributed by atoms with van der Waals surface area (Å²) in [5.74, 6) is 0.262. The lowest BCUT2D eigenvalue weighted by Crippen LogP contribution is -2.35. The first kappa shape index (κ1) is 23.6. The van der Waals surface area contributed by atoms with Crippen LogP contribution >= 0.6 is 0 Å². The first-order valence-electron chi connectivity index (χ1n) is 11.7. The van der Waals surface area contributed by atoms with E-state index < -0.39 is 6.09 Å². The fourth-order valence-electron chi connectivity index (χ4n) is 3.98. The molecule has 2 amide bonds. The summed E-state index contributed by atoms with van der Waals surface area (Å²) in [5, 5.41) is 9.78. The molecule has 1 atom stereocenters. The van der Waals surface area contributed by atoms with E-state index in [-0.39, 0.29) is 35.1 Å². The third-order valence-electron chi connectivity index (χ3n) is 5.99. The van der Waals surface area contributed by atoms with Crippen LogP contribution in [-0.2, 0) is 11.8 Å². The summed E-state index contributed by atoms with van der Waals surface area (Å²) in [6.45, 7) is 1.16. The molecule has 1 saturated carbocycles. The molecule has 1 unspecified atom stereocenters. The average molecular weight is 494 g/mol. The third-order valence-corrected chi connectivity index (χ3v) is 5.99. The second-order valence-corrected chi connectivity index (χ2v) is 8.84. The summed E-state index contributed by atoms with van der Waals surface area (Å²) in [5.41, 5.74) is 1.76. The third kappa shape index (κ3) is 5.40. The Kier molecular flexibility index (Phi) is 6.71. The molecule has 188 valence electrons. The fourth-order valence-corrected chi connectivity index (χ4v) is 3.98. The maximum absolute atomic E-state index is 13.1. The number of rotatable bonds is 8. The van der Waals surface area contributed by atoms with Crippen LogP contribution in [0.2, 0.25) is 0 Å². The van der Waals surface area contributed by atoms with Gasteiger partial charge in [0.25, 0.3) is 11.8 Å². The minimum atomic E-state index is -0.826. The van der Waals surface area contributed by atoms with Crippen LogP contribution in [0.15, 0.2) is 31.1 Å². The standard InChI is InChI=1S/C23H27N9O4/c1-31(12-16-4-3-7-35-16)22(33)19-18(11-27-32(19)2)30-23(34)36-21-20(28-15-8-24-13-25-9-15)26-10-17(29-21)14-5-6-14/h8-11,13-14,16H,3-7,12H2,1-2H3,(H,26,28)(H,30,34). The van der Waals surface area contributed by atoms with E-state index in [4.69, 9.17) is 9.47 Å². The second-order valence-electron chi connectivity index (χ2n) is 8.84. The minimum Gasteiger partial charge on any atom is -0.387 e. The summed E-state index contributed by atoms with van der Waals surface area (Å²) in [4.78, 5) is 44.4. The number of hydrogen-bond donors (Lipinski definition) is 2. The number of carbonyl (C=O) groups is 2. The molecule has 0 bridgehead atoms. The van der Waals surface area contributed by atoms with E-state index in [9.17, 15) is 9.59 Å². The lowest BCUT2D eigenvalue weighted by molar-refractivity contribution is 0.0579. The molecule has 0 radical (unpaired) electrons. The van der Waals surface area contributed by atoms with E-state index >= 15 is 0 Å². The maximum Gasteiger partial charge on any atom is 0.418 e. The van der Waals surface area contributed by atoms with Crippen molar-refractivity contribution in [2.45, 2.75) is 37.7 Å². The summed E-state index contributed by atoms with van der Waals surface area (Å²) >= 11 is 0. The quantitative estimate of drug-likeness (QED) is 0.479. The van der Waals surface area contributed by atoms with Gasteiger partial charge in [-0.25, -0.2) is 24.7 Å². The average Bonchev–Trinajstić information content (AvgIpc) is 3.49. The minimum absolute atomic E-state index is 0.00630. The predicted octanol–water partition coefficient (Wildman–Crippen LogP) is 2.48. The maximum atomic E-state index is 13.1. The lowest BCUT2D eigenvalue weighted by atomic mass is 10.2. The van der Waals surface area contributed by atoms with Crippen LogP contribution in [0.25, 0.3) is 0 Å². The van der Waals surface area contributed by atoms with Gasteiger partial charge in [0.1, 0.15) is 12.0 Å². The number of hydrogen-bond acceptors (Lipinski definition) is 10. The monoisotopic (exact) mass is 493 g/mol. The number of aromatic nitrogens is 6. The molecule has 13 heteroatoms. The first-order chi connectivity index (χ1) is 17.5. The van der Waals surface area contributed by atoms with Gasteiger partial charge < -0.3 is 19.7 Å². The van der Waals surface area contributed by atoms with Crippen LogP contribution in [0.1, 0.15) is 47.8 Å². The summed E-state index contributed by atoms with van der Waals surface area (Å²) in [6.07, 6.45) is 10.7. The summed E-state index contributed by atoms with van der Waals surface area (Å²) in [7, 11) is 3.33. The van der Waals surface area contributed by atoms with Gasteiger partial charge in [0.2, 0.25) is 0 Å². The van der Waals surface area contributed by atoms with Crippen molar-refractivity contribution in [3.8, 4) is 5.88 Å². The van der Waals surface area contributed by atoms with Gasteiger partial charge in [0.05, 0.1) is 48.0 Å². The van der Waals surface area contributed by atoms with Crippen molar-refractivity contribution in [2.24, 2.45) is 7.05 Å². The van der Waals surface area contributed by atoms with Crippen LogP contribution in [0.3, 0.4) is 0 Å². The summed E-state index contributed by atoms with van der Waals surface area (Å²) < 4.78 is 12.6. The van der Waals surface area contributed by atoms with Gasteiger partial charge in [-0.3, -0.25) is 14.8 Å². The zero-order valence-electron chi connectivity index (χ0n) is 20.0. The molecule has 1 aliphatic carbocycles. The predicted molar refractivity (Wildman–Crippen MR) is 128 cm³/mol. The van der Waals surface area contributed by atoms with Crippen molar-refractivity contribution in [1.29, 1.82) is 0 Å². The van der Waals surface area contributed by atoms with Crippen molar-refractivity contribution in [3.05, 3.63) is 42.5 Å². The van der Waals surface area contributed by atoms with Gasteiger partial charge in [-0.2, -0.15) is 5.10 Å². The Labute approximate surface area is 207 Å². The Morgan fingerprint density at radius 2 is 2.00 bits per heavy atom. The van der Waals surface area contributed by atoms with Crippen molar-refractivity contribution < 1.29 is 19.1 Å². The second kappa shape index (κ2) is 10.2. The van der Waals surface area contributed by atoms with Gasteiger partial charge >= 0.3 is 6.09 Å². The number of ether oxygens (including phenoxy) is 2. The number of nitrogens with zero attached hydrogens (tertiary/aromatic N) is 7. The van der Waals surface area contributed by atoms with Crippen LogP contribution in [0, 0.1) is 0 Å². The highest BCUT2D eigenvalue weighted by atomic mass is 16.6. The Morgan fingerprint density at radius 1 is 1.19 bits per heavy atom. The van der Waals surface area contributed by atoms with E-state index in [1.54, 1.807) is 37.6 Å². The molecule has 2 aliphatic rings. The number of likely N-dealkylation sites (N-methyl/N-ethyl adjacent to an activating group) is 1. The van der Waals surface area contributed by atoms with E-state index in [0.29, 0.717) is 24.8 Å². The first-order valence-corrected chi connectivity index (χ1v) is 11.7. The van der Waals surface area contributed by atoms with Crippen molar-refractivity contribution in [3.63, 3.8) is 0 Å². The van der Waals surface area contributed by atoms with Crippen molar-refractivity contribution in [1.82, 2.24) is 34.6 Å². The molecule has 2 N–H and O–H groups in total. The number of aryl methyl sites for hydroxylation is 1. The number of nitrogens with one attached hydrogen (secondary N) is 2. The molecule has 0 spiro atoms. The highest BCUT2D eigenvalue weighted by molar-refractivity contribution is 6.01. The van der Waals surface area contributed by atoms with Crippen LogP contribution < -0.4 is 15.4 Å². The normalized spacial score (nSPS) is 17.0. The van der Waals surface area contributed by atoms with Gasteiger partial charge in [-0.1, -0.05) is 0 Å². The van der Waals surface area contributed by atoms with Crippen LogP contribution in [0.5, 0.6) is 5.88 Å². The molecule has 0 aromatic carbocycles. The fraction of sp³-hybridized carbons (Fsp3) is 0.435. The SMILES string of the molecule is CN(CC1CCCO1)C(=O)c1c(NC(=O)Oc2nc(C3CC3)cnc2Nc2cncnc2)cnn1C. The van der Waals surface area contributed by atoms with Crippen LogP contribution in [-0.4, -0.2) is 72.9 Å². The molecule has 4 heterocycles. The molecule has 36 heavy (non-hydrogen) atoms. The lowest BCUT2D eigenvalue weighted by Gasteiger charge is -2.21. The van der Waals surface area contributed by atoms with E-state index in [1.165, 1.54) is 17.2 Å². The van der Waals surface area contributed by atoms with Crippen LogP contribution in [0.4, 0.5) is 22.0 Å². The molecule has 2 fully saturated rings. The molecule has 13 nitrogen and oxygen atoms in total. The highest BCUT2D eigenvalue weighted by Gasteiger charge is 2.28. The van der Waals surface area contributed by atoms with E-state index in [0.717, 1.165) is 31.4 Å². The highest BCUT2D eigenvalue weighted by Crippen LogP contribution is 2.40. The van der Waals surface area contributed by atoms with E-state index in [1.807, 2.05) is 0 Å². The van der Waals surface area contributed by atoms with Gasteiger partial charge in [-0.15, -0.1) is 0 Å².